The molecule has 1 fully saturated rings. The van der Waals surface area contributed by atoms with Gasteiger partial charge in [0.05, 0.1) is 11.3 Å². The number of rotatable bonds is 7. The SMILES string of the molecule is O=C(Nc1nnc(SCc2ccccc2)s1)c1cc2ccccc2cc1NC(=O)C1CC1. The van der Waals surface area contributed by atoms with E-state index in [-0.39, 0.29) is 17.7 Å². The Bertz CT molecular complexity index is 1290. The van der Waals surface area contributed by atoms with E-state index in [9.17, 15) is 9.59 Å². The smallest absolute Gasteiger partial charge is 0.259 e. The summed E-state index contributed by atoms with van der Waals surface area (Å²) in [5.41, 5.74) is 2.12. The van der Waals surface area contributed by atoms with Crippen LogP contribution >= 0.6 is 23.1 Å². The van der Waals surface area contributed by atoms with Crippen LogP contribution < -0.4 is 10.6 Å². The molecule has 1 heterocycles. The molecule has 0 radical (unpaired) electrons. The largest absolute Gasteiger partial charge is 0.325 e. The van der Waals surface area contributed by atoms with Gasteiger partial charge in [-0.1, -0.05) is 77.7 Å². The minimum absolute atomic E-state index is 0.0372. The van der Waals surface area contributed by atoms with E-state index in [0.29, 0.717) is 16.4 Å². The van der Waals surface area contributed by atoms with E-state index in [1.807, 2.05) is 48.5 Å². The van der Waals surface area contributed by atoms with Gasteiger partial charge in [0, 0.05) is 11.7 Å². The van der Waals surface area contributed by atoms with E-state index in [4.69, 9.17) is 0 Å². The minimum Gasteiger partial charge on any atom is -0.325 e. The van der Waals surface area contributed by atoms with Crippen LogP contribution in [0.3, 0.4) is 0 Å². The maximum atomic E-state index is 13.1. The van der Waals surface area contributed by atoms with Crippen molar-refractivity contribution in [1.82, 2.24) is 10.2 Å². The monoisotopic (exact) mass is 460 g/mol. The summed E-state index contributed by atoms with van der Waals surface area (Å²) in [5, 5.41) is 16.4. The van der Waals surface area contributed by atoms with Crippen molar-refractivity contribution in [3.8, 4) is 0 Å². The number of hydrogen-bond donors (Lipinski definition) is 2. The van der Waals surface area contributed by atoms with E-state index < -0.39 is 0 Å². The van der Waals surface area contributed by atoms with E-state index >= 15 is 0 Å². The second kappa shape index (κ2) is 9.10. The van der Waals surface area contributed by atoms with Gasteiger partial charge in [-0.15, -0.1) is 10.2 Å². The van der Waals surface area contributed by atoms with Gasteiger partial charge in [-0.05, 0) is 41.3 Å². The molecule has 0 unspecified atom stereocenters. The molecule has 160 valence electrons. The van der Waals surface area contributed by atoms with Crippen molar-refractivity contribution in [2.24, 2.45) is 5.92 Å². The Morgan fingerprint density at radius 1 is 0.938 bits per heavy atom. The van der Waals surface area contributed by atoms with Gasteiger partial charge in [0.1, 0.15) is 0 Å². The van der Waals surface area contributed by atoms with Gasteiger partial charge >= 0.3 is 0 Å². The molecular weight excluding hydrogens is 440 g/mol. The zero-order chi connectivity index (χ0) is 21.9. The maximum absolute atomic E-state index is 13.1. The summed E-state index contributed by atoms with van der Waals surface area (Å²) in [6.45, 7) is 0. The quantitative estimate of drug-likeness (QED) is 0.278. The van der Waals surface area contributed by atoms with Gasteiger partial charge in [0.2, 0.25) is 11.0 Å². The number of nitrogens with zero attached hydrogens (tertiary/aromatic N) is 2. The minimum atomic E-state index is -0.322. The molecule has 0 bridgehead atoms. The Kier molecular flexibility index (Phi) is 5.87. The normalized spacial score (nSPS) is 13.1. The Balaban J connectivity index is 1.33. The predicted molar refractivity (Wildman–Crippen MR) is 129 cm³/mol. The fourth-order valence-corrected chi connectivity index (χ4v) is 5.02. The van der Waals surface area contributed by atoms with Crippen molar-refractivity contribution in [3.63, 3.8) is 0 Å². The highest BCUT2D eigenvalue weighted by Gasteiger charge is 2.30. The summed E-state index contributed by atoms with van der Waals surface area (Å²) in [7, 11) is 0. The molecule has 4 aromatic rings. The van der Waals surface area contributed by atoms with E-state index in [1.54, 1.807) is 17.8 Å². The number of hydrogen-bond acceptors (Lipinski definition) is 6. The predicted octanol–water partition coefficient (Wildman–Crippen LogP) is 5.58. The summed E-state index contributed by atoms with van der Waals surface area (Å²) >= 11 is 2.91. The van der Waals surface area contributed by atoms with Crippen LogP contribution in [-0.2, 0) is 10.5 Å². The second-order valence-electron chi connectivity index (χ2n) is 7.61. The highest BCUT2D eigenvalue weighted by Crippen LogP contribution is 2.33. The Morgan fingerprint density at radius 2 is 1.66 bits per heavy atom. The summed E-state index contributed by atoms with van der Waals surface area (Å²) in [6, 6.07) is 21.5. The van der Waals surface area contributed by atoms with Crippen LogP contribution in [-0.4, -0.2) is 22.0 Å². The van der Waals surface area contributed by atoms with Gasteiger partial charge in [0.15, 0.2) is 4.34 Å². The Morgan fingerprint density at radius 3 is 2.41 bits per heavy atom. The molecule has 1 saturated carbocycles. The molecule has 2 amide bonds. The fraction of sp³-hybridized carbons (Fsp3) is 0.167. The van der Waals surface area contributed by atoms with Crippen molar-refractivity contribution in [2.75, 3.05) is 10.6 Å². The van der Waals surface area contributed by atoms with Gasteiger partial charge < -0.3 is 5.32 Å². The standard InChI is InChI=1S/C24H20N4O2S2/c29-21(16-10-11-16)25-20-13-18-9-5-4-8-17(18)12-19(20)22(30)26-23-27-28-24(32-23)31-14-15-6-2-1-3-7-15/h1-9,12-13,16H,10-11,14H2,(H,25,29)(H,26,27,30). The summed E-state index contributed by atoms with van der Waals surface area (Å²) < 4.78 is 0.782. The number of nitrogens with one attached hydrogen (secondary N) is 2. The number of anilines is 2. The van der Waals surface area contributed by atoms with Gasteiger partial charge in [0.25, 0.3) is 5.91 Å². The average Bonchev–Trinajstić information content (AvgIpc) is 3.58. The van der Waals surface area contributed by atoms with Crippen LogP contribution in [0.4, 0.5) is 10.8 Å². The van der Waals surface area contributed by atoms with Gasteiger partial charge in [-0.2, -0.15) is 0 Å². The van der Waals surface area contributed by atoms with Crippen LogP contribution in [0.1, 0.15) is 28.8 Å². The first-order chi connectivity index (χ1) is 15.7. The third-order valence-corrected chi connectivity index (χ3v) is 7.21. The van der Waals surface area contributed by atoms with Crippen molar-refractivity contribution >= 4 is 56.5 Å². The van der Waals surface area contributed by atoms with Crippen LogP contribution in [0.25, 0.3) is 10.8 Å². The first kappa shape index (κ1) is 20.7. The first-order valence-electron chi connectivity index (χ1n) is 10.3. The lowest BCUT2D eigenvalue weighted by molar-refractivity contribution is -0.117. The molecule has 0 spiro atoms. The zero-order valence-electron chi connectivity index (χ0n) is 17.1. The van der Waals surface area contributed by atoms with Crippen LogP contribution in [0, 0.1) is 5.92 Å². The molecule has 1 aliphatic carbocycles. The molecule has 6 nitrogen and oxygen atoms in total. The number of carbonyl (C=O) groups excluding carboxylic acids is 2. The molecule has 8 heteroatoms. The fourth-order valence-electron chi connectivity index (χ4n) is 3.31. The van der Waals surface area contributed by atoms with Crippen molar-refractivity contribution in [2.45, 2.75) is 22.9 Å². The van der Waals surface area contributed by atoms with Gasteiger partial charge in [-0.3, -0.25) is 14.9 Å². The van der Waals surface area contributed by atoms with Gasteiger partial charge in [-0.25, -0.2) is 0 Å². The van der Waals surface area contributed by atoms with Crippen molar-refractivity contribution in [1.29, 1.82) is 0 Å². The van der Waals surface area contributed by atoms with Crippen LogP contribution in [0.15, 0.2) is 71.1 Å². The number of amides is 2. The summed E-state index contributed by atoms with van der Waals surface area (Å²) in [5.74, 6) is 0.470. The number of benzene rings is 3. The molecule has 5 rings (SSSR count). The Labute approximate surface area is 193 Å². The molecular formula is C24H20N4O2S2. The summed E-state index contributed by atoms with van der Waals surface area (Å²) in [6.07, 6.45) is 1.80. The molecule has 2 N–H and O–H groups in total. The van der Waals surface area contributed by atoms with Crippen LogP contribution in [0.5, 0.6) is 0 Å². The van der Waals surface area contributed by atoms with E-state index in [2.05, 4.69) is 33.0 Å². The van der Waals surface area contributed by atoms with E-state index in [1.165, 1.54) is 16.9 Å². The average molecular weight is 461 g/mol. The maximum Gasteiger partial charge on any atom is 0.259 e. The lowest BCUT2D eigenvalue weighted by Gasteiger charge is -2.12. The highest BCUT2D eigenvalue weighted by atomic mass is 32.2. The number of carbonyl (C=O) groups is 2. The second-order valence-corrected chi connectivity index (χ2v) is 9.81. The molecule has 32 heavy (non-hydrogen) atoms. The highest BCUT2D eigenvalue weighted by molar-refractivity contribution is 8.00. The lowest BCUT2D eigenvalue weighted by atomic mass is 10.0. The number of fused-ring (bicyclic) bond motifs is 1. The molecule has 0 aliphatic heterocycles. The van der Waals surface area contributed by atoms with Crippen molar-refractivity contribution < 1.29 is 9.59 Å². The van der Waals surface area contributed by atoms with Crippen molar-refractivity contribution in [3.05, 3.63) is 77.9 Å². The van der Waals surface area contributed by atoms with E-state index in [0.717, 1.165) is 33.7 Å². The molecule has 1 aliphatic rings. The van der Waals surface area contributed by atoms with Crippen LogP contribution in [0.2, 0.25) is 0 Å². The molecule has 0 atom stereocenters. The topological polar surface area (TPSA) is 84.0 Å². The zero-order valence-corrected chi connectivity index (χ0v) is 18.7. The third-order valence-electron chi connectivity index (χ3n) is 5.17. The lowest BCUT2D eigenvalue weighted by Crippen LogP contribution is -2.19. The Hall–Kier alpha value is -3.23. The number of aromatic nitrogens is 2. The molecule has 3 aromatic carbocycles. The summed E-state index contributed by atoms with van der Waals surface area (Å²) in [4.78, 5) is 25.5. The molecule has 0 saturated heterocycles. The third kappa shape index (κ3) is 4.81. The number of thioether (sulfide) groups is 1. The molecule has 1 aromatic heterocycles. The first-order valence-corrected chi connectivity index (χ1v) is 12.1.